The molecule has 0 aliphatic carbocycles. The van der Waals surface area contributed by atoms with Crippen LogP contribution in [0.25, 0.3) is 11.1 Å². The lowest BCUT2D eigenvalue weighted by Gasteiger charge is -2.32. The van der Waals surface area contributed by atoms with Gasteiger partial charge < -0.3 is 14.3 Å². The van der Waals surface area contributed by atoms with Gasteiger partial charge in [0.25, 0.3) is 0 Å². The van der Waals surface area contributed by atoms with E-state index in [1.165, 1.54) is 0 Å². The standard InChI is InChI=1S/C35H43NO6/c1-23(2)32-35(4,5)42-34(40)36(32)33(39)28(21-25-15-9-8-10-16-25)31(38)30-22-27(26-17-13-14-24(3)20-26)29(41-30)18-11-6-7-12-19-37/h8-10,13-17,20,22-23,28,32,37H,6-7,11-12,18-19,21H2,1-5H3/t28-,32+/m1/s1. The number of hydrogen-bond donors (Lipinski definition) is 1. The van der Waals surface area contributed by atoms with Crippen LogP contribution in [0.1, 0.15) is 80.8 Å². The Labute approximate surface area is 248 Å². The Morgan fingerprint density at radius 3 is 2.36 bits per heavy atom. The number of ether oxygens (including phenoxy) is 1. The Bertz CT molecular complexity index is 1390. The van der Waals surface area contributed by atoms with Gasteiger partial charge in [-0.05, 0) is 63.1 Å². The summed E-state index contributed by atoms with van der Waals surface area (Å²) in [5.74, 6) is -1.46. The predicted octanol–water partition coefficient (Wildman–Crippen LogP) is 7.17. The lowest BCUT2D eigenvalue weighted by molar-refractivity contribution is -0.133. The first-order valence-corrected chi connectivity index (χ1v) is 15.0. The highest BCUT2D eigenvalue weighted by Crippen LogP contribution is 2.37. The van der Waals surface area contributed by atoms with E-state index >= 15 is 0 Å². The van der Waals surface area contributed by atoms with E-state index in [1.54, 1.807) is 19.9 Å². The van der Waals surface area contributed by atoms with E-state index in [4.69, 9.17) is 14.3 Å². The topological polar surface area (TPSA) is 97.1 Å². The van der Waals surface area contributed by atoms with E-state index in [1.807, 2.05) is 69.3 Å². The second-order valence-electron chi connectivity index (χ2n) is 12.2. The van der Waals surface area contributed by atoms with Gasteiger partial charge in [-0.3, -0.25) is 9.59 Å². The van der Waals surface area contributed by atoms with Gasteiger partial charge in [-0.1, -0.05) is 86.8 Å². The fourth-order valence-corrected chi connectivity index (χ4v) is 6.11. The van der Waals surface area contributed by atoms with Crippen LogP contribution in [0.5, 0.6) is 0 Å². The number of cyclic esters (lactones) is 1. The van der Waals surface area contributed by atoms with Crippen LogP contribution >= 0.6 is 0 Å². The van der Waals surface area contributed by atoms with E-state index in [0.29, 0.717) is 12.2 Å². The molecule has 1 N–H and O–H groups in total. The molecule has 7 nitrogen and oxygen atoms in total. The predicted molar refractivity (Wildman–Crippen MR) is 162 cm³/mol. The van der Waals surface area contributed by atoms with Gasteiger partial charge in [0.15, 0.2) is 5.76 Å². The number of Topliss-reactive ketones (excluding diaryl/α,β-unsaturated/α-hetero) is 1. The van der Waals surface area contributed by atoms with E-state index in [2.05, 4.69) is 6.07 Å². The van der Waals surface area contributed by atoms with Crippen molar-refractivity contribution in [2.24, 2.45) is 11.8 Å². The number of rotatable bonds is 13. The second kappa shape index (κ2) is 13.5. The average Bonchev–Trinajstić information content (AvgIpc) is 3.48. The first-order valence-electron chi connectivity index (χ1n) is 15.0. The largest absolute Gasteiger partial charge is 0.457 e. The maximum absolute atomic E-state index is 14.2. The minimum atomic E-state index is -1.16. The molecule has 7 heteroatoms. The summed E-state index contributed by atoms with van der Waals surface area (Å²) in [7, 11) is 0. The molecule has 1 fully saturated rings. The normalized spacial score (nSPS) is 17.0. The molecule has 2 atom stereocenters. The zero-order valence-corrected chi connectivity index (χ0v) is 25.4. The minimum absolute atomic E-state index is 0.0724. The van der Waals surface area contributed by atoms with Gasteiger partial charge in [-0.15, -0.1) is 0 Å². The molecule has 1 aromatic heterocycles. The van der Waals surface area contributed by atoms with Gasteiger partial charge in [-0.2, -0.15) is 0 Å². The Kier molecular flexibility index (Phi) is 10.0. The number of nitrogens with zero attached hydrogens (tertiary/aromatic N) is 1. The molecule has 4 rings (SSSR count). The first-order chi connectivity index (χ1) is 20.0. The lowest BCUT2D eigenvalue weighted by atomic mass is 9.86. The Morgan fingerprint density at radius 1 is 0.976 bits per heavy atom. The zero-order valence-electron chi connectivity index (χ0n) is 25.4. The number of aliphatic hydroxyl groups excluding tert-OH is 1. The number of benzene rings is 2. The molecule has 1 saturated heterocycles. The van der Waals surface area contributed by atoms with Crippen molar-refractivity contribution < 1.29 is 28.6 Å². The molecule has 2 heterocycles. The van der Waals surface area contributed by atoms with Gasteiger partial charge in [0.2, 0.25) is 11.7 Å². The number of carbonyl (C=O) groups is 3. The van der Waals surface area contributed by atoms with Crippen molar-refractivity contribution in [1.82, 2.24) is 4.90 Å². The van der Waals surface area contributed by atoms with E-state index in [0.717, 1.165) is 52.8 Å². The molecule has 2 aromatic carbocycles. The number of aryl methyl sites for hydroxylation is 2. The molecule has 0 spiro atoms. The van der Waals surface area contributed by atoms with Crippen LogP contribution in [0.15, 0.2) is 65.1 Å². The fraction of sp³-hybridized carbons (Fsp3) is 0.457. The molecule has 3 aromatic rings. The SMILES string of the molecule is Cc1cccc(-c2cc(C(=O)[C@@H](Cc3ccccc3)C(=O)N3C(=O)OC(C)(C)[C@@H]3C(C)C)oc2CCCCCCO)c1. The number of carbonyl (C=O) groups excluding carboxylic acids is 3. The highest BCUT2D eigenvalue weighted by molar-refractivity contribution is 6.12. The van der Waals surface area contributed by atoms with Crippen molar-refractivity contribution in [2.45, 2.75) is 84.8 Å². The summed E-state index contributed by atoms with van der Waals surface area (Å²) in [5.41, 5.74) is 2.79. The molecular weight excluding hydrogens is 530 g/mol. The molecular formula is C35H43NO6. The van der Waals surface area contributed by atoms with Crippen LogP contribution in [0.4, 0.5) is 4.79 Å². The third-order valence-electron chi connectivity index (χ3n) is 8.00. The number of unbranched alkanes of at least 4 members (excludes halogenated alkanes) is 3. The summed E-state index contributed by atoms with van der Waals surface area (Å²) in [5, 5.41) is 9.12. The maximum atomic E-state index is 14.2. The number of imide groups is 1. The number of aliphatic hydroxyl groups is 1. The Balaban J connectivity index is 1.72. The smallest absolute Gasteiger partial charge is 0.417 e. The summed E-state index contributed by atoms with van der Waals surface area (Å²) in [4.78, 5) is 42.7. The van der Waals surface area contributed by atoms with Crippen molar-refractivity contribution in [1.29, 1.82) is 0 Å². The van der Waals surface area contributed by atoms with Crippen molar-refractivity contribution >= 4 is 17.8 Å². The summed E-state index contributed by atoms with van der Waals surface area (Å²) in [6, 6.07) is 18.6. The van der Waals surface area contributed by atoms with Crippen LogP contribution < -0.4 is 0 Å². The molecule has 224 valence electrons. The summed E-state index contributed by atoms with van der Waals surface area (Å²) < 4.78 is 11.9. The average molecular weight is 574 g/mol. The van der Waals surface area contributed by atoms with Crippen LogP contribution in [-0.4, -0.2) is 46.0 Å². The van der Waals surface area contributed by atoms with Crippen molar-refractivity contribution in [3.05, 3.63) is 83.3 Å². The monoisotopic (exact) mass is 573 g/mol. The molecule has 2 amide bonds. The fourth-order valence-electron chi connectivity index (χ4n) is 6.11. The number of hydrogen-bond acceptors (Lipinski definition) is 6. The Morgan fingerprint density at radius 2 is 1.69 bits per heavy atom. The van der Waals surface area contributed by atoms with E-state index in [-0.39, 0.29) is 24.7 Å². The van der Waals surface area contributed by atoms with Crippen LogP contribution in [0.3, 0.4) is 0 Å². The Hall–Kier alpha value is -3.71. The quantitative estimate of drug-likeness (QED) is 0.132. The molecule has 0 unspecified atom stereocenters. The molecule has 0 radical (unpaired) electrons. The van der Waals surface area contributed by atoms with Crippen LogP contribution in [0.2, 0.25) is 0 Å². The second-order valence-corrected chi connectivity index (χ2v) is 12.2. The molecule has 0 saturated carbocycles. The van der Waals surface area contributed by atoms with Crippen molar-refractivity contribution in [3.63, 3.8) is 0 Å². The number of furan rings is 1. The number of ketones is 1. The summed E-state index contributed by atoms with van der Waals surface area (Å²) >= 11 is 0. The lowest BCUT2D eigenvalue weighted by Crippen LogP contribution is -2.51. The first kappa shape index (κ1) is 31.2. The van der Waals surface area contributed by atoms with Crippen molar-refractivity contribution in [3.8, 4) is 11.1 Å². The third kappa shape index (κ3) is 7.01. The van der Waals surface area contributed by atoms with Gasteiger partial charge >= 0.3 is 6.09 Å². The summed E-state index contributed by atoms with van der Waals surface area (Å²) in [6.45, 7) is 9.66. The van der Waals surface area contributed by atoms with E-state index < -0.39 is 35.3 Å². The molecule has 1 aliphatic rings. The minimum Gasteiger partial charge on any atom is -0.457 e. The van der Waals surface area contributed by atoms with Crippen LogP contribution in [0, 0.1) is 18.8 Å². The van der Waals surface area contributed by atoms with Gasteiger partial charge in [0.05, 0.1) is 6.04 Å². The highest BCUT2D eigenvalue weighted by atomic mass is 16.6. The highest BCUT2D eigenvalue weighted by Gasteiger charge is 2.54. The van der Waals surface area contributed by atoms with Crippen LogP contribution in [-0.2, 0) is 22.4 Å². The maximum Gasteiger partial charge on any atom is 0.417 e. The number of amides is 2. The molecule has 42 heavy (non-hydrogen) atoms. The van der Waals surface area contributed by atoms with Gasteiger partial charge in [0, 0.05) is 18.6 Å². The van der Waals surface area contributed by atoms with Gasteiger partial charge in [-0.25, -0.2) is 9.69 Å². The third-order valence-corrected chi connectivity index (χ3v) is 8.00. The van der Waals surface area contributed by atoms with E-state index in [9.17, 15) is 14.4 Å². The van der Waals surface area contributed by atoms with Gasteiger partial charge in [0.1, 0.15) is 17.3 Å². The summed E-state index contributed by atoms with van der Waals surface area (Å²) in [6.07, 6.45) is 3.47. The van der Waals surface area contributed by atoms with Crippen molar-refractivity contribution in [2.75, 3.05) is 6.61 Å². The molecule has 0 bridgehead atoms. The zero-order chi connectivity index (χ0) is 30.4. The molecule has 1 aliphatic heterocycles.